The smallest absolute Gasteiger partial charge is 0.364 e. The highest BCUT2D eigenvalue weighted by atomic mass is 19.4. The molecule has 0 radical (unpaired) electrons. The lowest BCUT2D eigenvalue weighted by Gasteiger charge is -2.13. The molecule has 2 heterocycles. The van der Waals surface area contributed by atoms with E-state index >= 15 is 0 Å². The van der Waals surface area contributed by atoms with Crippen LogP contribution in [0.25, 0.3) is 0 Å². The Labute approximate surface area is 153 Å². The zero-order chi connectivity index (χ0) is 19.3. The van der Waals surface area contributed by atoms with Gasteiger partial charge in [0.2, 0.25) is 0 Å². The summed E-state index contributed by atoms with van der Waals surface area (Å²) >= 11 is 0. The van der Waals surface area contributed by atoms with E-state index in [4.69, 9.17) is 0 Å². The van der Waals surface area contributed by atoms with Gasteiger partial charge in [-0.15, -0.1) is 0 Å². The van der Waals surface area contributed by atoms with Crippen LogP contribution in [0, 0.1) is 0 Å². The monoisotopic (exact) mass is 372 g/mol. The van der Waals surface area contributed by atoms with Gasteiger partial charge in [0.1, 0.15) is 5.82 Å². The highest BCUT2D eigenvalue weighted by Crippen LogP contribution is 2.34. The van der Waals surface area contributed by atoms with Crippen LogP contribution in [-0.4, -0.2) is 15.9 Å². The van der Waals surface area contributed by atoms with Crippen molar-refractivity contribution in [3.63, 3.8) is 0 Å². The molecular weight excluding hydrogens is 357 g/mol. The molecule has 5 nitrogen and oxygen atoms in total. The molecular formula is C19H15F3N4O. The Kier molecular flexibility index (Phi) is 5.35. The van der Waals surface area contributed by atoms with Crippen LogP contribution in [0.3, 0.4) is 0 Å². The first-order valence-corrected chi connectivity index (χ1v) is 8.01. The lowest BCUT2D eigenvalue weighted by Crippen LogP contribution is -2.17. The van der Waals surface area contributed by atoms with Crippen LogP contribution in [0.15, 0.2) is 67.0 Å². The van der Waals surface area contributed by atoms with Crippen molar-refractivity contribution in [2.75, 3.05) is 10.6 Å². The molecule has 27 heavy (non-hydrogen) atoms. The van der Waals surface area contributed by atoms with Crippen molar-refractivity contribution in [2.24, 2.45) is 0 Å². The first kappa shape index (κ1) is 18.4. The van der Waals surface area contributed by atoms with Gasteiger partial charge >= 0.3 is 6.18 Å². The summed E-state index contributed by atoms with van der Waals surface area (Å²) in [6.45, 7) is 0.457. The minimum Gasteiger partial charge on any atom is -0.364 e. The zero-order valence-corrected chi connectivity index (χ0v) is 14.0. The first-order valence-electron chi connectivity index (χ1n) is 8.01. The Morgan fingerprint density at radius 1 is 0.963 bits per heavy atom. The number of hydrogen-bond acceptors (Lipinski definition) is 4. The van der Waals surface area contributed by atoms with Gasteiger partial charge in [0.25, 0.3) is 5.91 Å². The summed E-state index contributed by atoms with van der Waals surface area (Å²) in [4.78, 5) is 20.5. The molecule has 3 aromatic rings. The van der Waals surface area contributed by atoms with Crippen LogP contribution < -0.4 is 10.6 Å². The number of halogens is 3. The van der Waals surface area contributed by atoms with Crippen molar-refractivity contribution in [1.82, 2.24) is 9.97 Å². The Morgan fingerprint density at radius 2 is 1.74 bits per heavy atom. The molecule has 2 N–H and O–H groups in total. The molecule has 1 amide bonds. The Balaban J connectivity index is 1.66. The molecule has 0 aliphatic heterocycles. The van der Waals surface area contributed by atoms with Crippen molar-refractivity contribution < 1.29 is 18.0 Å². The van der Waals surface area contributed by atoms with Crippen LogP contribution >= 0.6 is 0 Å². The zero-order valence-electron chi connectivity index (χ0n) is 14.0. The molecule has 8 heteroatoms. The lowest BCUT2D eigenvalue weighted by atomic mass is 10.1. The van der Waals surface area contributed by atoms with E-state index in [2.05, 4.69) is 20.6 Å². The number of hydrogen-bond donors (Lipinski definition) is 2. The summed E-state index contributed by atoms with van der Waals surface area (Å²) in [5.74, 6) is -0.150. The molecule has 0 aliphatic carbocycles. The maximum atomic E-state index is 13.0. The molecule has 0 atom stereocenters. The summed E-state index contributed by atoms with van der Waals surface area (Å²) < 4.78 is 39.0. The third-order valence-electron chi connectivity index (χ3n) is 3.68. The number of amides is 1. The highest BCUT2D eigenvalue weighted by molar-refractivity contribution is 6.04. The number of alkyl halides is 3. The van der Waals surface area contributed by atoms with E-state index in [1.165, 1.54) is 30.5 Å². The predicted molar refractivity (Wildman–Crippen MR) is 95.2 cm³/mol. The quantitative estimate of drug-likeness (QED) is 0.698. The largest absolute Gasteiger partial charge is 0.418 e. The van der Waals surface area contributed by atoms with E-state index in [9.17, 15) is 18.0 Å². The first-order chi connectivity index (χ1) is 12.9. The number of aromatic nitrogens is 2. The number of para-hydroxylation sites is 1. The maximum absolute atomic E-state index is 13.0. The molecule has 0 saturated heterocycles. The van der Waals surface area contributed by atoms with Crippen LogP contribution in [0.2, 0.25) is 0 Å². The van der Waals surface area contributed by atoms with E-state index in [1.54, 1.807) is 12.3 Å². The Morgan fingerprint density at radius 3 is 2.41 bits per heavy atom. The second-order valence-corrected chi connectivity index (χ2v) is 5.60. The summed E-state index contributed by atoms with van der Waals surface area (Å²) in [6.07, 6.45) is -1.58. The Hall–Kier alpha value is -3.42. The van der Waals surface area contributed by atoms with Crippen LogP contribution in [-0.2, 0) is 12.7 Å². The van der Waals surface area contributed by atoms with Crippen molar-refractivity contribution in [2.45, 2.75) is 12.7 Å². The number of pyridine rings is 2. The van der Waals surface area contributed by atoms with E-state index < -0.39 is 17.6 Å². The number of nitrogens with one attached hydrogen (secondary N) is 2. The van der Waals surface area contributed by atoms with Gasteiger partial charge in [-0.05, 0) is 36.4 Å². The standard InChI is InChI=1S/C19H15F3N4O/c20-19(21,22)15-6-1-2-7-16(15)26-18(27)13-8-9-17(24-11-13)25-12-14-5-3-4-10-23-14/h1-11H,12H2,(H,24,25)(H,26,27). The second-order valence-electron chi connectivity index (χ2n) is 5.60. The number of carbonyl (C=O) groups excluding carboxylic acids is 1. The fraction of sp³-hybridized carbons (Fsp3) is 0.105. The average molecular weight is 372 g/mol. The van der Waals surface area contributed by atoms with Gasteiger partial charge in [-0.3, -0.25) is 9.78 Å². The van der Waals surface area contributed by atoms with Gasteiger partial charge in [-0.25, -0.2) is 4.98 Å². The van der Waals surface area contributed by atoms with Gasteiger partial charge in [0, 0.05) is 12.4 Å². The fourth-order valence-corrected chi connectivity index (χ4v) is 2.35. The average Bonchev–Trinajstić information content (AvgIpc) is 2.67. The normalized spacial score (nSPS) is 11.1. The summed E-state index contributed by atoms with van der Waals surface area (Å²) in [7, 11) is 0. The minimum atomic E-state index is -4.55. The highest BCUT2D eigenvalue weighted by Gasteiger charge is 2.33. The molecule has 0 spiro atoms. The lowest BCUT2D eigenvalue weighted by molar-refractivity contribution is -0.136. The van der Waals surface area contributed by atoms with E-state index in [0.717, 1.165) is 11.8 Å². The van der Waals surface area contributed by atoms with Crippen LogP contribution in [0.1, 0.15) is 21.6 Å². The molecule has 138 valence electrons. The maximum Gasteiger partial charge on any atom is 0.418 e. The molecule has 0 unspecified atom stereocenters. The van der Waals surface area contributed by atoms with Crippen molar-refractivity contribution in [3.05, 3.63) is 83.8 Å². The molecule has 0 bridgehead atoms. The third kappa shape index (κ3) is 4.81. The van der Waals surface area contributed by atoms with Gasteiger partial charge in [0.05, 0.1) is 29.1 Å². The van der Waals surface area contributed by atoms with E-state index in [1.807, 2.05) is 18.2 Å². The SMILES string of the molecule is O=C(Nc1ccccc1C(F)(F)F)c1ccc(NCc2ccccn2)nc1. The van der Waals surface area contributed by atoms with Crippen LogP contribution in [0.5, 0.6) is 0 Å². The number of anilines is 2. The van der Waals surface area contributed by atoms with E-state index in [-0.39, 0.29) is 11.3 Å². The number of carbonyl (C=O) groups is 1. The summed E-state index contributed by atoms with van der Waals surface area (Å²) in [5.41, 5.74) is -0.229. The fourth-order valence-electron chi connectivity index (χ4n) is 2.35. The van der Waals surface area contributed by atoms with Crippen molar-refractivity contribution in [3.8, 4) is 0 Å². The van der Waals surface area contributed by atoms with Crippen molar-refractivity contribution in [1.29, 1.82) is 0 Å². The second kappa shape index (κ2) is 7.86. The molecule has 0 fully saturated rings. The van der Waals surface area contributed by atoms with Crippen molar-refractivity contribution >= 4 is 17.4 Å². The molecule has 0 aliphatic rings. The topological polar surface area (TPSA) is 66.9 Å². The number of rotatable bonds is 5. The van der Waals surface area contributed by atoms with Gasteiger partial charge in [-0.2, -0.15) is 13.2 Å². The minimum absolute atomic E-state index is 0.148. The van der Waals surface area contributed by atoms with Gasteiger partial charge < -0.3 is 10.6 Å². The number of nitrogens with zero attached hydrogens (tertiary/aromatic N) is 2. The summed E-state index contributed by atoms with van der Waals surface area (Å²) in [5, 5.41) is 5.33. The van der Waals surface area contributed by atoms with Gasteiger partial charge in [-0.1, -0.05) is 18.2 Å². The molecule has 1 aromatic carbocycles. The molecule has 2 aromatic heterocycles. The predicted octanol–water partition coefficient (Wildman–Crippen LogP) is 4.36. The van der Waals surface area contributed by atoms with Gasteiger partial charge in [0.15, 0.2) is 0 Å². The molecule has 0 saturated carbocycles. The molecule has 3 rings (SSSR count). The Bertz CT molecular complexity index is 912. The van der Waals surface area contributed by atoms with E-state index in [0.29, 0.717) is 12.4 Å². The third-order valence-corrected chi connectivity index (χ3v) is 3.68. The number of benzene rings is 1. The van der Waals surface area contributed by atoms with Crippen LogP contribution in [0.4, 0.5) is 24.7 Å². The summed E-state index contributed by atoms with van der Waals surface area (Å²) in [6, 6.07) is 13.4.